The molecule has 2 N–H and O–H groups in total. The number of rotatable bonds is 6. The summed E-state index contributed by atoms with van der Waals surface area (Å²) < 4.78 is 0. The van der Waals surface area contributed by atoms with Crippen LogP contribution in [-0.2, 0) is 11.2 Å². The van der Waals surface area contributed by atoms with Crippen molar-refractivity contribution in [1.82, 2.24) is 5.32 Å². The SMILES string of the molecule is O=C(O)/C=C/c1ccc(CCNC(=O)c2ccc(Cl)cc2)cc1. The summed E-state index contributed by atoms with van der Waals surface area (Å²) in [5.41, 5.74) is 2.46. The van der Waals surface area contributed by atoms with Gasteiger partial charge >= 0.3 is 5.97 Å². The van der Waals surface area contributed by atoms with Crippen LogP contribution in [0.15, 0.2) is 54.6 Å². The number of carboxylic acid groups (broad SMARTS) is 1. The van der Waals surface area contributed by atoms with Crippen LogP contribution in [0.1, 0.15) is 21.5 Å². The number of carbonyl (C=O) groups is 2. The molecule has 0 spiro atoms. The third-order valence-corrected chi connectivity index (χ3v) is 3.46. The molecular formula is C18H16ClNO3. The molecule has 2 aromatic rings. The highest BCUT2D eigenvalue weighted by Gasteiger charge is 2.04. The summed E-state index contributed by atoms with van der Waals surface area (Å²) >= 11 is 5.78. The number of hydrogen-bond donors (Lipinski definition) is 2. The summed E-state index contributed by atoms with van der Waals surface area (Å²) in [6, 6.07) is 14.2. The highest BCUT2D eigenvalue weighted by atomic mass is 35.5. The molecule has 0 bridgehead atoms. The van der Waals surface area contributed by atoms with Crippen molar-refractivity contribution in [3.05, 3.63) is 76.3 Å². The van der Waals surface area contributed by atoms with Gasteiger partial charge in [-0.3, -0.25) is 4.79 Å². The standard InChI is InChI=1S/C18H16ClNO3/c19-16-8-6-15(7-9-16)18(23)20-12-11-14-3-1-13(2-4-14)5-10-17(21)22/h1-10H,11-12H2,(H,20,23)(H,21,22)/b10-5+. The Labute approximate surface area is 139 Å². The Morgan fingerprint density at radius 2 is 1.70 bits per heavy atom. The second-order valence-electron chi connectivity index (χ2n) is 4.93. The van der Waals surface area contributed by atoms with E-state index in [1.54, 1.807) is 24.3 Å². The number of halogens is 1. The number of amides is 1. The number of aliphatic carboxylic acids is 1. The molecule has 0 fully saturated rings. The van der Waals surface area contributed by atoms with Crippen LogP contribution in [-0.4, -0.2) is 23.5 Å². The third-order valence-electron chi connectivity index (χ3n) is 3.20. The molecule has 0 aliphatic carbocycles. The van der Waals surface area contributed by atoms with Gasteiger partial charge in [0, 0.05) is 23.2 Å². The molecule has 0 saturated carbocycles. The Morgan fingerprint density at radius 3 is 2.30 bits per heavy atom. The van der Waals surface area contributed by atoms with Crippen molar-refractivity contribution in [3.8, 4) is 0 Å². The molecule has 0 aliphatic heterocycles. The number of hydrogen-bond acceptors (Lipinski definition) is 2. The van der Waals surface area contributed by atoms with Crippen LogP contribution < -0.4 is 5.32 Å². The monoisotopic (exact) mass is 329 g/mol. The zero-order valence-corrected chi connectivity index (χ0v) is 13.1. The van der Waals surface area contributed by atoms with E-state index in [-0.39, 0.29) is 5.91 Å². The first-order valence-electron chi connectivity index (χ1n) is 7.08. The van der Waals surface area contributed by atoms with Gasteiger partial charge in [0.15, 0.2) is 0 Å². The fraction of sp³-hybridized carbons (Fsp3) is 0.111. The Kier molecular flexibility index (Phi) is 5.94. The smallest absolute Gasteiger partial charge is 0.328 e. The van der Waals surface area contributed by atoms with Crippen molar-refractivity contribution in [3.63, 3.8) is 0 Å². The maximum atomic E-state index is 11.9. The molecule has 1 amide bonds. The largest absolute Gasteiger partial charge is 0.478 e. The Bertz CT molecular complexity index is 706. The van der Waals surface area contributed by atoms with Crippen LogP contribution in [0, 0.1) is 0 Å². The molecule has 0 radical (unpaired) electrons. The number of nitrogens with one attached hydrogen (secondary N) is 1. The molecule has 0 heterocycles. The Morgan fingerprint density at radius 1 is 1.04 bits per heavy atom. The molecule has 0 unspecified atom stereocenters. The van der Waals surface area contributed by atoms with Crippen LogP contribution in [0.2, 0.25) is 5.02 Å². The molecule has 5 heteroatoms. The molecular weight excluding hydrogens is 314 g/mol. The highest BCUT2D eigenvalue weighted by Crippen LogP contribution is 2.10. The summed E-state index contributed by atoms with van der Waals surface area (Å²) in [7, 11) is 0. The summed E-state index contributed by atoms with van der Waals surface area (Å²) in [6.07, 6.45) is 3.33. The molecule has 0 aliphatic rings. The van der Waals surface area contributed by atoms with Crippen LogP contribution in [0.5, 0.6) is 0 Å². The fourth-order valence-corrected chi connectivity index (χ4v) is 2.11. The van der Waals surface area contributed by atoms with Crippen molar-refractivity contribution < 1.29 is 14.7 Å². The van der Waals surface area contributed by atoms with E-state index >= 15 is 0 Å². The topological polar surface area (TPSA) is 66.4 Å². The average molecular weight is 330 g/mol. The van der Waals surface area contributed by atoms with E-state index in [4.69, 9.17) is 16.7 Å². The van der Waals surface area contributed by atoms with Gasteiger partial charge in [-0.05, 0) is 47.9 Å². The maximum Gasteiger partial charge on any atom is 0.328 e. The zero-order valence-electron chi connectivity index (χ0n) is 12.3. The summed E-state index contributed by atoms with van der Waals surface area (Å²) in [4.78, 5) is 22.4. The fourth-order valence-electron chi connectivity index (χ4n) is 1.99. The molecule has 2 aromatic carbocycles. The summed E-state index contributed by atoms with van der Waals surface area (Å²) in [5, 5.41) is 12.0. The molecule has 23 heavy (non-hydrogen) atoms. The first-order valence-corrected chi connectivity index (χ1v) is 7.46. The van der Waals surface area contributed by atoms with Gasteiger partial charge in [-0.25, -0.2) is 4.79 Å². The lowest BCUT2D eigenvalue weighted by molar-refractivity contribution is -0.131. The Balaban J connectivity index is 1.83. The van der Waals surface area contributed by atoms with Gasteiger partial charge in [0.1, 0.15) is 0 Å². The number of benzene rings is 2. The highest BCUT2D eigenvalue weighted by molar-refractivity contribution is 6.30. The van der Waals surface area contributed by atoms with Gasteiger partial charge < -0.3 is 10.4 Å². The lowest BCUT2D eigenvalue weighted by Gasteiger charge is -2.06. The van der Waals surface area contributed by atoms with Gasteiger partial charge in [0.2, 0.25) is 0 Å². The first-order chi connectivity index (χ1) is 11.0. The molecule has 2 rings (SSSR count). The Hall–Kier alpha value is -2.59. The molecule has 0 saturated heterocycles. The number of carbonyl (C=O) groups excluding carboxylic acids is 1. The van der Waals surface area contributed by atoms with E-state index in [0.717, 1.165) is 17.2 Å². The summed E-state index contributed by atoms with van der Waals surface area (Å²) in [6.45, 7) is 0.520. The average Bonchev–Trinajstić information content (AvgIpc) is 2.54. The van der Waals surface area contributed by atoms with Gasteiger partial charge in [-0.2, -0.15) is 0 Å². The maximum absolute atomic E-state index is 11.9. The molecule has 4 nitrogen and oxygen atoms in total. The van der Waals surface area contributed by atoms with Gasteiger partial charge in [-0.1, -0.05) is 35.9 Å². The minimum Gasteiger partial charge on any atom is -0.478 e. The van der Waals surface area contributed by atoms with Crippen molar-refractivity contribution in [2.45, 2.75) is 6.42 Å². The van der Waals surface area contributed by atoms with Crippen molar-refractivity contribution >= 4 is 29.6 Å². The van der Waals surface area contributed by atoms with E-state index < -0.39 is 5.97 Å². The predicted molar refractivity (Wildman–Crippen MR) is 90.6 cm³/mol. The van der Waals surface area contributed by atoms with Gasteiger partial charge in [0.25, 0.3) is 5.91 Å². The quantitative estimate of drug-likeness (QED) is 0.798. The number of carboxylic acids is 1. The second-order valence-corrected chi connectivity index (χ2v) is 5.36. The lowest BCUT2D eigenvalue weighted by Crippen LogP contribution is -2.25. The first kappa shape index (κ1) is 16.8. The molecule has 118 valence electrons. The van der Waals surface area contributed by atoms with Crippen LogP contribution in [0.4, 0.5) is 0 Å². The van der Waals surface area contributed by atoms with Crippen LogP contribution >= 0.6 is 11.6 Å². The van der Waals surface area contributed by atoms with Crippen LogP contribution in [0.25, 0.3) is 6.08 Å². The normalized spacial score (nSPS) is 10.7. The predicted octanol–water partition coefficient (Wildman–Crippen LogP) is 3.41. The van der Waals surface area contributed by atoms with E-state index in [0.29, 0.717) is 23.6 Å². The van der Waals surface area contributed by atoms with E-state index in [1.165, 1.54) is 6.08 Å². The van der Waals surface area contributed by atoms with E-state index in [9.17, 15) is 9.59 Å². The molecule has 0 atom stereocenters. The minimum atomic E-state index is -0.973. The van der Waals surface area contributed by atoms with Gasteiger partial charge in [-0.15, -0.1) is 0 Å². The van der Waals surface area contributed by atoms with E-state index in [2.05, 4.69) is 5.32 Å². The zero-order chi connectivity index (χ0) is 16.7. The van der Waals surface area contributed by atoms with Crippen molar-refractivity contribution in [1.29, 1.82) is 0 Å². The van der Waals surface area contributed by atoms with Crippen molar-refractivity contribution in [2.24, 2.45) is 0 Å². The summed E-state index contributed by atoms with van der Waals surface area (Å²) in [5.74, 6) is -1.11. The molecule has 0 aromatic heterocycles. The lowest BCUT2D eigenvalue weighted by atomic mass is 10.1. The third kappa shape index (κ3) is 5.60. The van der Waals surface area contributed by atoms with Crippen LogP contribution in [0.3, 0.4) is 0 Å². The van der Waals surface area contributed by atoms with Gasteiger partial charge in [0.05, 0.1) is 0 Å². The minimum absolute atomic E-state index is 0.136. The van der Waals surface area contributed by atoms with Crippen molar-refractivity contribution in [2.75, 3.05) is 6.54 Å². The van der Waals surface area contributed by atoms with E-state index in [1.807, 2.05) is 24.3 Å². The second kappa shape index (κ2) is 8.15.